The van der Waals surface area contributed by atoms with Gasteiger partial charge in [-0.25, -0.2) is 9.07 Å². The van der Waals surface area contributed by atoms with Crippen molar-refractivity contribution in [1.82, 2.24) is 15.1 Å². The van der Waals surface area contributed by atoms with E-state index < -0.39 is 5.82 Å². The molecule has 0 saturated carbocycles. The summed E-state index contributed by atoms with van der Waals surface area (Å²) in [6.07, 6.45) is 1.55. The summed E-state index contributed by atoms with van der Waals surface area (Å²) in [4.78, 5) is 12.7. The highest BCUT2D eigenvalue weighted by atomic mass is 35.5. The summed E-state index contributed by atoms with van der Waals surface area (Å²) >= 11 is 5.96. The predicted octanol–water partition coefficient (Wildman–Crippen LogP) is 4.50. The van der Waals surface area contributed by atoms with Crippen molar-refractivity contribution >= 4 is 23.2 Å². The third kappa shape index (κ3) is 4.61. The second-order valence-corrected chi connectivity index (χ2v) is 7.38. The van der Waals surface area contributed by atoms with Crippen LogP contribution in [-0.4, -0.2) is 28.8 Å². The number of nitriles is 1. The molecule has 1 heterocycles. The van der Waals surface area contributed by atoms with Crippen LogP contribution in [0.15, 0.2) is 48.7 Å². The molecule has 2 N–H and O–H groups in total. The molecule has 1 amide bonds. The molecule has 0 aliphatic rings. The molecule has 0 fully saturated rings. The molecule has 0 unspecified atom stereocenters. The minimum atomic E-state index is -0.581. The first-order valence-corrected chi connectivity index (χ1v) is 9.84. The molecule has 0 spiro atoms. The molecule has 0 atom stereocenters. The summed E-state index contributed by atoms with van der Waals surface area (Å²) in [6, 6.07) is 13.5. The highest BCUT2D eigenvalue weighted by Crippen LogP contribution is 2.24. The maximum atomic E-state index is 13.6. The van der Waals surface area contributed by atoms with Crippen molar-refractivity contribution in [2.75, 3.05) is 18.4 Å². The van der Waals surface area contributed by atoms with Crippen LogP contribution in [0.25, 0.3) is 5.69 Å². The quantitative estimate of drug-likeness (QED) is 0.546. The lowest BCUT2D eigenvalue weighted by Gasteiger charge is -2.13. The van der Waals surface area contributed by atoms with Gasteiger partial charge in [-0.1, -0.05) is 31.5 Å². The lowest BCUT2D eigenvalue weighted by Crippen LogP contribution is -2.29. The molecule has 0 saturated heterocycles. The van der Waals surface area contributed by atoms with Crippen LogP contribution in [0.1, 0.15) is 41.4 Å². The Hall–Kier alpha value is -3.37. The van der Waals surface area contributed by atoms with Gasteiger partial charge in [0.15, 0.2) is 0 Å². The van der Waals surface area contributed by atoms with Gasteiger partial charge in [0.25, 0.3) is 5.91 Å². The molecule has 0 bridgehead atoms. The van der Waals surface area contributed by atoms with Gasteiger partial charge in [0.2, 0.25) is 0 Å². The lowest BCUT2D eigenvalue weighted by molar-refractivity contribution is 0.0954. The first kappa shape index (κ1) is 21.3. The Labute approximate surface area is 179 Å². The number of amides is 1. The Kier molecular flexibility index (Phi) is 6.70. The van der Waals surface area contributed by atoms with E-state index in [4.69, 9.17) is 16.9 Å². The highest BCUT2D eigenvalue weighted by molar-refractivity contribution is 6.30. The zero-order valence-corrected chi connectivity index (χ0v) is 17.4. The van der Waals surface area contributed by atoms with Crippen LogP contribution >= 0.6 is 11.6 Å². The topological polar surface area (TPSA) is 82.7 Å². The van der Waals surface area contributed by atoms with E-state index >= 15 is 0 Å². The molecule has 0 aliphatic heterocycles. The Morgan fingerprint density at radius 2 is 1.97 bits per heavy atom. The molecule has 3 aromatic rings. The minimum Gasteiger partial charge on any atom is -0.382 e. The highest BCUT2D eigenvalue weighted by Gasteiger charge is 2.20. The number of benzene rings is 2. The number of aromatic nitrogens is 2. The monoisotopic (exact) mass is 425 g/mol. The summed E-state index contributed by atoms with van der Waals surface area (Å²) in [5, 5.41) is 19.9. The molecule has 0 radical (unpaired) electrons. The van der Waals surface area contributed by atoms with Crippen LogP contribution < -0.4 is 10.6 Å². The minimum absolute atomic E-state index is 0.0461. The molecule has 30 heavy (non-hydrogen) atoms. The number of rotatable bonds is 7. The smallest absolute Gasteiger partial charge is 0.254 e. The maximum absolute atomic E-state index is 13.6. The van der Waals surface area contributed by atoms with Crippen molar-refractivity contribution in [3.05, 3.63) is 76.3 Å². The van der Waals surface area contributed by atoms with E-state index in [9.17, 15) is 9.18 Å². The van der Waals surface area contributed by atoms with E-state index in [-0.39, 0.29) is 17.4 Å². The average Bonchev–Trinajstić information content (AvgIpc) is 3.17. The van der Waals surface area contributed by atoms with E-state index in [1.165, 1.54) is 12.1 Å². The van der Waals surface area contributed by atoms with Gasteiger partial charge in [0.05, 0.1) is 28.8 Å². The summed E-state index contributed by atoms with van der Waals surface area (Å²) in [7, 11) is 0. The molecule has 6 nitrogen and oxygen atoms in total. The number of carbonyl (C=O) groups is 1. The fourth-order valence-corrected chi connectivity index (χ4v) is 3.26. The Bertz CT molecular complexity index is 1090. The number of hydrogen-bond acceptors (Lipinski definition) is 4. The number of carbonyl (C=O) groups excluding carboxylic acids is 1. The van der Waals surface area contributed by atoms with Crippen LogP contribution in [0.3, 0.4) is 0 Å². The molecular weight excluding hydrogens is 405 g/mol. The molecule has 8 heteroatoms. The normalized spacial score (nSPS) is 10.7. The maximum Gasteiger partial charge on any atom is 0.254 e. The number of anilines is 1. The molecular formula is C22H21ClFN5O. The molecule has 1 aromatic heterocycles. The summed E-state index contributed by atoms with van der Waals surface area (Å²) in [5.41, 5.74) is 2.45. The Balaban J connectivity index is 1.68. The number of nitrogens with one attached hydrogen (secondary N) is 2. The Morgan fingerprint density at radius 3 is 2.63 bits per heavy atom. The van der Waals surface area contributed by atoms with Crippen LogP contribution in [0.2, 0.25) is 5.02 Å². The zero-order valence-electron chi connectivity index (χ0n) is 16.6. The van der Waals surface area contributed by atoms with Gasteiger partial charge in [-0.15, -0.1) is 0 Å². The number of hydrogen-bond donors (Lipinski definition) is 2. The van der Waals surface area contributed by atoms with E-state index in [0.29, 0.717) is 29.4 Å². The average molecular weight is 426 g/mol. The largest absolute Gasteiger partial charge is 0.382 e. The van der Waals surface area contributed by atoms with Crippen LogP contribution in [0, 0.1) is 17.1 Å². The second kappa shape index (κ2) is 9.42. The van der Waals surface area contributed by atoms with Crippen molar-refractivity contribution < 1.29 is 9.18 Å². The summed E-state index contributed by atoms with van der Waals surface area (Å²) in [6.45, 7) is 4.63. The second-order valence-electron chi connectivity index (χ2n) is 6.94. The third-order valence-electron chi connectivity index (χ3n) is 4.52. The van der Waals surface area contributed by atoms with Crippen molar-refractivity contribution in [3.63, 3.8) is 0 Å². The van der Waals surface area contributed by atoms with Crippen molar-refractivity contribution in [2.45, 2.75) is 19.8 Å². The van der Waals surface area contributed by atoms with Crippen molar-refractivity contribution in [2.24, 2.45) is 0 Å². The zero-order chi connectivity index (χ0) is 21.7. The number of halogens is 2. The van der Waals surface area contributed by atoms with Crippen molar-refractivity contribution in [3.8, 4) is 11.8 Å². The standard InChI is InChI=1S/C22H21ClFN5O/c1-14(2)21-18(13-28-29(21)16-8-6-15(23)7-9-16)22(30)27-11-10-26-20-5-3-4-19(24)17(20)12-25/h3-9,13-14,26H,10-11H2,1-2H3,(H,27,30). The van der Waals surface area contributed by atoms with Gasteiger partial charge >= 0.3 is 0 Å². The summed E-state index contributed by atoms with van der Waals surface area (Å²) < 4.78 is 15.4. The fraction of sp³-hybridized carbons (Fsp3) is 0.227. The lowest BCUT2D eigenvalue weighted by atomic mass is 10.1. The van der Waals surface area contributed by atoms with E-state index in [1.54, 1.807) is 29.1 Å². The van der Waals surface area contributed by atoms with Gasteiger partial charge < -0.3 is 10.6 Å². The third-order valence-corrected chi connectivity index (χ3v) is 4.77. The SMILES string of the molecule is CC(C)c1c(C(=O)NCCNc2cccc(F)c2C#N)cnn1-c1ccc(Cl)cc1. The van der Waals surface area contributed by atoms with E-state index in [2.05, 4.69) is 15.7 Å². The summed E-state index contributed by atoms with van der Waals surface area (Å²) in [5.74, 6) is -0.768. The van der Waals surface area contributed by atoms with Gasteiger partial charge in [-0.2, -0.15) is 10.4 Å². The molecule has 3 rings (SSSR count). The number of nitrogens with zero attached hydrogens (tertiary/aromatic N) is 3. The van der Waals surface area contributed by atoms with E-state index in [0.717, 1.165) is 11.4 Å². The Morgan fingerprint density at radius 1 is 1.23 bits per heavy atom. The molecule has 154 valence electrons. The fourth-order valence-electron chi connectivity index (χ4n) is 3.13. The van der Waals surface area contributed by atoms with E-state index in [1.807, 2.05) is 32.0 Å². The van der Waals surface area contributed by atoms with Crippen LogP contribution in [0.5, 0.6) is 0 Å². The van der Waals surface area contributed by atoms with Crippen molar-refractivity contribution in [1.29, 1.82) is 5.26 Å². The molecule has 0 aliphatic carbocycles. The first-order chi connectivity index (χ1) is 14.4. The van der Waals surface area contributed by atoms with Crippen LogP contribution in [0.4, 0.5) is 10.1 Å². The van der Waals surface area contributed by atoms with Gasteiger partial charge in [0, 0.05) is 18.1 Å². The van der Waals surface area contributed by atoms with Gasteiger partial charge in [0.1, 0.15) is 17.4 Å². The van der Waals surface area contributed by atoms with Crippen LogP contribution in [-0.2, 0) is 0 Å². The van der Waals surface area contributed by atoms with Gasteiger partial charge in [-0.05, 0) is 42.3 Å². The predicted molar refractivity (Wildman–Crippen MR) is 115 cm³/mol. The first-order valence-electron chi connectivity index (χ1n) is 9.47. The van der Waals surface area contributed by atoms with Gasteiger partial charge in [-0.3, -0.25) is 4.79 Å². The molecule has 2 aromatic carbocycles.